The highest BCUT2D eigenvalue weighted by Gasteiger charge is 2.14. The standard InChI is InChI=1S/C23H20Cl2N4O2/c24-20-7-6-17(11-21(20)25)10-18-12-27-22-19(13-28-29(22)14-18)23(30)26-8-9-31-15-16-4-2-1-3-5-16/h1-7,11-14H,8-10,15H2,(H,26,30). The molecule has 1 N–H and O–H groups in total. The van der Waals surface area contributed by atoms with E-state index in [1.807, 2.05) is 48.7 Å². The number of nitrogens with one attached hydrogen (secondary N) is 1. The van der Waals surface area contributed by atoms with Gasteiger partial charge < -0.3 is 10.1 Å². The molecule has 4 rings (SSSR count). The average molecular weight is 455 g/mol. The van der Waals surface area contributed by atoms with E-state index in [0.717, 1.165) is 16.7 Å². The third-order valence-electron chi connectivity index (χ3n) is 4.69. The quantitative estimate of drug-likeness (QED) is 0.395. The summed E-state index contributed by atoms with van der Waals surface area (Å²) in [6.07, 6.45) is 5.73. The Morgan fingerprint density at radius 1 is 1.00 bits per heavy atom. The molecule has 31 heavy (non-hydrogen) atoms. The van der Waals surface area contributed by atoms with Crippen molar-refractivity contribution in [2.75, 3.05) is 13.2 Å². The Morgan fingerprint density at radius 3 is 2.65 bits per heavy atom. The molecule has 0 aliphatic rings. The van der Waals surface area contributed by atoms with Crippen molar-refractivity contribution in [3.8, 4) is 0 Å². The molecule has 0 fully saturated rings. The van der Waals surface area contributed by atoms with Crippen LogP contribution in [0.15, 0.2) is 67.1 Å². The summed E-state index contributed by atoms with van der Waals surface area (Å²) in [6.45, 7) is 1.33. The van der Waals surface area contributed by atoms with Gasteiger partial charge in [0.25, 0.3) is 5.91 Å². The first-order valence-corrected chi connectivity index (χ1v) is 10.5. The van der Waals surface area contributed by atoms with Crippen LogP contribution in [0.2, 0.25) is 10.0 Å². The molecule has 0 radical (unpaired) electrons. The molecule has 2 aromatic heterocycles. The zero-order chi connectivity index (χ0) is 21.6. The number of carbonyl (C=O) groups is 1. The van der Waals surface area contributed by atoms with Crippen LogP contribution in [0.1, 0.15) is 27.0 Å². The third kappa shape index (κ3) is 5.41. The van der Waals surface area contributed by atoms with Gasteiger partial charge in [-0.1, -0.05) is 59.6 Å². The molecule has 158 valence electrons. The SMILES string of the molecule is O=C(NCCOCc1ccccc1)c1cnn2cc(Cc3ccc(Cl)c(Cl)c3)cnc12. The Bertz CT molecular complexity index is 1190. The van der Waals surface area contributed by atoms with Crippen molar-refractivity contribution in [1.29, 1.82) is 0 Å². The number of aromatic nitrogens is 3. The van der Waals surface area contributed by atoms with Crippen LogP contribution in [-0.2, 0) is 17.8 Å². The summed E-state index contributed by atoms with van der Waals surface area (Å²) in [7, 11) is 0. The Balaban J connectivity index is 1.33. The van der Waals surface area contributed by atoms with Crippen molar-refractivity contribution in [3.05, 3.63) is 99.4 Å². The molecule has 2 aromatic carbocycles. The number of benzene rings is 2. The van der Waals surface area contributed by atoms with Crippen LogP contribution in [0.5, 0.6) is 0 Å². The number of halogens is 2. The second-order valence-electron chi connectivity index (χ2n) is 7.01. The Morgan fingerprint density at radius 2 is 1.84 bits per heavy atom. The van der Waals surface area contributed by atoms with Crippen LogP contribution in [0.3, 0.4) is 0 Å². The number of hydrogen-bond donors (Lipinski definition) is 1. The number of hydrogen-bond acceptors (Lipinski definition) is 4. The number of fused-ring (bicyclic) bond motifs is 1. The van der Waals surface area contributed by atoms with Crippen LogP contribution >= 0.6 is 23.2 Å². The topological polar surface area (TPSA) is 68.5 Å². The fraction of sp³-hybridized carbons (Fsp3) is 0.174. The minimum absolute atomic E-state index is 0.233. The van der Waals surface area contributed by atoms with E-state index >= 15 is 0 Å². The van der Waals surface area contributed by atoms with Gasteiger partial charge in [-0.3, -0.25) is 4.79 Å². The minimum atomic E-state index is -0.233. The molecule has 0 saturated carbocycles. The van der Waals surface area contributed by atoms with Gasteiger partial charge in [-0.2, -0.15) is 5.10 Å². The summed E-state index contributed by atoms with van der Waals surface area (Å²) >= 11 is 12.1. The largest absolute Gasteiger partial charge is 0.375 e. The maximum absolute atomic E-state index is 12.5. The number of carbonyl (C=O) groups excluding carboxylic acids is 1. The second-order valence-corrected chi connectivity index (χ2v) is 7.82. The van der Waals surface area contributed by atoms with Gasteiger partial charge in [0.2, 0.25) is 0 Å². The van der Waals surface area contributed by atoms with Gasteiger partial charge in [0.1, 0.15) is 5.56 Å². The number of amides is 1. The van der Waals surface area contributed by atoms with Gasteiger partial charge in [-0.05, 0) is 28.8 Å². The maximum atomic E-state index is 12.5. The van der Waals surface area contributed by atoms with Gasteiger partial charge >= 0.3 is 0 Å². The highest BCUT2D eigenvalue weighted by molar-refractivity contribution is 6.42. The van der Waals surface area contributed by atoms with E-state index in [4.69, 9.17) is 27.9 Å². The molecular formula is C23H20Cl2N4O2. The van der Waals surface area contributed by atoms with Gasteiger partial charge in [-0.15, -0.1) is 0 Å². The second kappa shape index (κ2) is 9.92. The molecule has 0 unspecified atom stereocenters. The number of ether oxygens (including phenoxy) is 1. The van der Waals surface area contributed by atoms with Crippen LogP contribution < -0.4 is 5.32 Å². The highest BCUT2D eigenvalue weighted by Crippen LogP contribution is 2.24. The fourth-order valence-electron chi connectivity index (χ4n) is 3.15. The first kappa shape index (κ1) is 21.3. The number of nitrogens with zero attached hydrogens (tertiary/aromatic N) is 3. The molecule has 8 heteroatoms. The van der Waals surface area contributed by atoms with Gasteiger partial charge in [0.15, 0.2) is 5.65 Å². The smallest absolute Gasteiger partial charge is 0.256 e. The van der Waals surface area contributed by atoms with E-state index in [0.29, 0.717) is 47.4 Å². The molecule has 4 aromatic rings. The lowest BCUT2D eigenvalue weighted by molar-refractivity contribution is 0.0902. The molecule has 0 bridgehead atoms. The Hall–Kier alpha value is -2.93. The summed E-state index contributed by atoms with van der Waals surface area (Å²) in [6, 6.07) is 15.4. The Kier molecular flexibility index (Phi) is 6.82. The molecule has 0 atom stereocenters. The maximum Gasteiger partial charge on any atom is 0.256 e. The summed E-state index contributed by atoms with van der Waals surface area (Å²) in [5, 5.41) is 8.15. The van der Waals surface area contributed by atoms with E-state index in [1.165, 1.54) is 6.20 Å². The van der Waals surface area contributed by atoms with Crippen molar-refractivity contribution in [1.82, 2.24) is 19.9 Å². The van der Waals surface area contributed by atoms with Crippen molar-refractivity contribution in [2.45, 2.75) is 13.0 Å². The highest BCUT2D eigenvalue weighted by atomic mass is 35.5. The van der Waals surface area contributed by atoms with E-state index in [9.17, 15) is 4.79 Å². The molecule has 2 heterocycles. The summed E-state index contributed by atoms with van der Waals surface area (Å²) in [5.41, 5.74) is 3.97. The molecular weight excluding hydrogens is 435 g/mol. The van der Waals surface area contributed by atoms with E-state index < -0.39 is 0 Å². The molecule has 0 spiro atoms. The zero-order valence-electron chi connectivity index (χ0n) is 16.6. The predicted molar refractivity (Wildman–Crippen MR) is 121 cm³/mol. The van der Waals surface area contributed by atoms with Crippen LogP contribution in [0, 0.1) is 0 Å². The zero-order valence-corrected chi connectivity index (χ0v) is 18.1. The van der Waals surface area contributed by atoms with Crippen molar-refractivity contribution < 1.29 is 9.53 Å². The molecule has 0 aliphatic heterocycles. The van der Waals surface area contributed by atoms with Crippen molar-refractivity contribution >= 4 is 34.8 Å². The van der Waals surface area contributed by atoms with Crippen molar-refractivity contribution in [2.24, 2.45) is 0 Å². The van der Waals surface area contributed by atoms with E-state index in [-0.39, 0.29) is 5.91 Å². The normalized spacial score (nSPS) is 11.0. The van der Waals surface area contributed by atoms with E-state index in [2.05, 4.69) is 15.4 Å². The lowest BCUT2D eigenvalue weighted by atomic mass is 10.1. The van der Waals surface area contributed by atoms with Gasteiger partial charge in [0, 0.05) is 25.4 Å². The molecule has 1 amide bonds. The first-order valence-electron chi connectivity index (χ1n) is 9.76. The van der Waals surface area contributed by atoms with Gasteiger partial charge in [0.05, 0.1) is 29.5 Å². The van der Waals surface area contributed by atoms with Crippen LogP contribution in [0.4, 0.5) is 0 Å². The summed E-state index contributed by atoms with van der Waals surface area (Å²) in [5.74, 6) is -0.233. The summed E-state index contributed by atoms with van der Waals surface area (Å²) < 4.78 is 7.20. The predicted octanol–water partition coefficient (Wildman–Crippen LogP) is 4.57. The fourth-order valence-corrected chi connectivity index (χ4v) is 3.47. The molecule has 0 saturated heterocycles. The molecule has 0 aliphatic carbocycles. The van der Waals surface area contributed by atoms with Crippen LogP contribution in [-0.4, -0.2) is 33.7 Å². The third-order valence-corrected chi connectivity index (χ3v) is 5.43. The lowest BCUT2D eigenvalue weighted by Crippen LogP contribution is -2.27. The minimum Gasteiger partial charge on any atom is -0.375 e. The Labute approximate surface area is 189 Å². The first-order chi connectivity index (χ1) is 15.1. The van der Waals surface area contributed by atoms with E-state index in [1.54, 1.807) is 16.8 Å². The molecule has 6 nitrogen and oxygen atoms in total. The van der Waals surface area contributed by atoms with Crippen LogP contribution in [0.25, 0.3) is 5.65 Å². The lowest BCUT2D eigenvalue weighted by Gasteiger charge is -2.06. The average Bonchev–Trinajstić information content (AvgIpc) is 3.20. The number of rotatable bonds is 8. The summed E-state index contributed by atoms with van der Waals surface area (Å²) in [4.78, 5) is 16.9. The van der Waals surface area contributed by atoms with Crippen molar-refractivity contribution in [3.63, 3.8) is 0 Å². The van der Waals surface area contributed by atoms with Gasteiger partial charge in [-0.25, -0.2) is 9.50 Å². The monoisotopic (exact) mass is 454 g/mol.